The van der Waals surface area contributed by atoms with Crippen molar-refractivity contribution < 1.29 is 4.74 Å². The van der Waals surface area contributed by atoms with Gasteiger partial charge in [-0.15, -0.1) is 11.3 Å². The minimum Gasteiger partial charge on any atom is -0.481 e. The fourth-order valence-corrected chi connectivity index (χ4v) is 4.47. The number of benzene rings is 1. The number of fused-ring (bicyclic) bond motifs is 1. The van der Waals surface area contributed by atoms with Gasteiger partial charge in [-0.3, -0.25) is 13.8 Å². The Balaban J connectivity index is 1.68. The number of methoxy groups -OCH3 is 1. The Morgan fingerprint density at radius 1 is 1.12 bits per heavy atom. The van der Waals surface area contributed by atoms with Crippen LogP contribution in [0, 0.1) is 18.8 Å². The number of nitrogens with zero attached hydrogens (tertiary/aromatic N) is 3. The molecule has 0 aliphatic carbocycles. The fourth-order valence-electron chi connectivity index (χ4n) is 3.19. The van der Waals surface area contributed by atoms with Gasteiger partial charge in [0.2, 0.25) is 5.88 Å². The summed E-state index contributed by atoms with van der Waals surface area (Å²) in [7, 11) is 1.56. The van der Waals surface area contributed by atoms with E-state index in [-0.39, 0.29) is 12.1 Å². The van der Waals surface area contributed by atoms with Crippen LogP contribution in [0.4, 0.5) is 0 Å². The second-order valence-electron chi connectivity index (χ2n) is 7.00. The molecule has 0 unspecified atom stereocenters. The Bertz CT molecular complexity index is 1510. The third kappa shape index (κ3) is 4.44. The van der Waals surface area contributed by atoms with Gasteiger partial charge in [-0.2, -0.15) is 0 Å². The average molecular weight is 486 g/mol. The second kappa shape index (κ2) is 9.21. The number of halogens is 2. The molecule has 3 heterocycles. The first-order chi connectivity index (χ1) is 15.4. The highest BCUT2D eigenvalue weighted by atomic mass is 35.5. The molecule has 0 amide bonds. The Kier molecular flexibility index (Phi) is 6.38. The molecule has 4 rings (SSSR count). The molecule has 6 nitrogen and oxygen atoms in total. The fraction of sp³-hybridized carbons (Fsp3) is 0.174. The molecule has 0 spiro atoms. The van der Waals surface area contributed by atoms with E-state index >= 15 is 0 Å². The van der Waals surface area contributed by atoms with E-state index in [0.29, 0.717) is 43.2 Å². The van der Waals surface area contributed by atoms with Crippen molar-refractivity contribution in [3.8, 4) is 17.7 Å². The molecular weight excluding hydrogens is 469 g/mol. The number of ether oxygens (including phenoxy) is 1. The van der Waals surface area contributed by atoms with E-state index in [9.17, 15) is 9.59 Å². The lowest BCUT2D eigenvalue weighted by Crippen LogP contribution is -2.38. The van der Waals surface area contributed by atoms with Crippen LogP contribution in [0.3, 0.4) is 0 Å². The molecule has 0 bridgehead atoms. The number of pyridine rings is 1. The summed E-state index contributed by atoms with van der Waals surface area (Å²) in [6.07, 6.45) is 3.84. The van der Waals surface area contributed by atoms with E-state index in [4.69, 9.17) is 27.9 Å². The monoisotopic (exact) mass is 485 g/mol. The van der Waals surface area contributed by atoms with Crippen molar-refractivity contribution in [2.45, 2.75) is 19.9 Å². The number of hydrogen-bond acceptors (Lipinski definition) is 5. The lowest BCUT2D eigenvalue weighted by molar-refractivity contribution is 0.397. The van der Waals surface area contributed by atoms with Gasteiger partial charge >= 0.3 is 5.69 Å². The van der Waals surface area contributed by atoms with Crippen molar-refractivity contribution in [2.24, 2.45) is 0 Å². The first-order valence-corrected chi connectivity index (χ1v) is 11.1. The summed E-state index contributed by atoms with van der Waals surface area (Å²) in [6.45, 7) is 1.80. The molecule has 0 fully saturated rings. The van der Waals surface area contributed by atoms with Gasteiger partial charge in [-0.25, -0.2) is 9.78 Å². The topological polar surface area (TPSA) is 65.6 Å². The summed E-state index contributed by atoms with van der Waals surface area (Å²) >= 11 is 13.3. The van der Waals surface area contributed by atoms with Crippen molar-refractivity contribution in [3.05, 3.63) is 95.2 Å². The zero-order valence-corrected chi connectivity index (χ0v) is 19.5. The lowest BCUT2D eigenvalue weighted by atomic mass is 10.2. The highest BCUT2D eigenvalue weighted by Gasteiger charge is 2.14. The molecule has 0 atom stereocenters. The molecule has 0 aliphatic heterocycles. The Labute approximate surface area is 197 Å². The third-order valence-corrected chi connectivity index (χ3v) is 6.70. The van der Waals surface area contributed by atoms with Crippen LogP contribution in [0.25, 0.3) is 4.83 Å². The number of rotatable bonds is 4. The van der Waals surface area contributed by atoms with Crippen LogP contribution in [0.2, 0.25) is 10.0 Å². The third-order valence-electron chi connectivity index (χ3n) is 4.83. The van der Waals surface area contributed by atoms with Gasteiger partial charge < -0.3 is 4.74 Å². The smallest absolute Gasteiger partial charge is 0.336 e. The standard InChI is InChI=1S/C23H17Cl2N3O3S/c1-14-21(29)27(12-16-6-7-18(24)19(25)10-16)23(30)28-13-17(32-22(14)28)5-3-4-15-8-9-26-20(11-15)31-2/h6-11,13H,4,12H2,1-2H3. The molecule has 0 saturated carbocycles. The summed E-state index contributed by atoms with van der Waals surface area (Å²) in [5.74, 6) is 6.71. The molecule has 4 aromatic rings. The van der Waals surface area contributed by atoms with Crippen molar-refractivity contribution in [2.75, 3.05) is 7.11 Å². The van der Waals surface area contributed by atoms with Gasteiger partial charge in [0, 0.05) is 30.4 Å². The van der Waals surface area contributed by atoms with E-state index in [1.807, 2.05) is 12.1 Å². The summed E-state index contributed by atoms with van der Waals surface area (Å²) < 4.78 is 7.78. The molecule has 162 valence electrons. The zero-order valence-electron chi connectivity index (χ0n) is 17.2. The van der Waals surface area contributed by atoms with Crippen LogP contribution < -0.4 is 16.0 Å². The molecule has 1 aromatic carbocycles. The van der Waals surface area contributed by atoms with E-state index in [1.165, 1.54) is 20.3 Å². The maximum atomic E-state index is 13.0. The first kappa shape index (κ1) is 22.2. The lowest BCUT2D eigenvalue weighted by Gasteiger charge is -2.08. The number of aryl methyl sites for hydroxylation is 1. The van der Waals surface area contributed by atoms with Crippen molar-refractivity contribution >= 4 is 39.4 Å². The SMILES string of the molecule is COc1cc(CC#Cc2cn3c(=O)n(Cc4ccc(Cl)c(Cl)c4)c(=O)c(C)c3s2)ccn1. The number of aromatic nitrogens is 3. The summed E-state index contributed by atoms with van der Waals surface area (Å²) in [4.78, 5) is 31.3. The van der Waals surface area contributed by atoms with Crippen LogP contribution in [0.5, 0.6) is 5.88 Å². The highest BCUT2D eigenvalue weighted by Crippen LogP contribution is 2.23. The number of hydrogen-bond donors (Lipinski definition) is 0. The second-order valence-corrected chi connectivity index (χ2v) is 8.85. The van der Waals surface area contributed by atoms with Gasteiger partial charge in [0.25, 0.3) is 5.56 Å². The Morgan fingerprint density at radius 2 is 1.94 bits per heavy atom. The summed E-state index contributed by atoms with van der Waals surface area (Å²) in [5.41, 5.74) is 1.40. The summed E-state index contributed by atoms with van der Waals surface area (Å²) in [6, 6.07) is 8.72. The van der Waals surface area contributed by atoms with Crippen LogP contribution in [-0.4, -0.2) is 21.1 Å². The van der Waals surface area contributed by atoms with E-state index in [0.717, 1.165) is 5.56 Å². The minimum atomic E-state index is -0.426. The van der Waals surface area contributed by atoms with Gasteiger partial charge in [-0.1, -0.05) is 41.1 Å². The van der Waals surface area contributed by atoms with Crippen LogP contribution in [-0.2, 0) is 13.0 Å². The predicted molar refractivity (Wildman–Crippen MR) is 127 cm³/mol. The molecule has 0 N–H and O–H groups in total. The molecule has 0 saturated heterocycles. The molecule has 32 heavy (non-hydrogen) atoms. The molecule has 0 radical (unpaired) electrons. The quantitative estimate of drug-likeness (QED) is 0.406. The van der Waals surface area contributed by atoms with Gasteiger partial charge in [0.05, 0.1) is 28.6 Å². The molecular formula is C23H17Cl2N3O3S. The largest absolute Gasteiger partial charge is 0.481 e. The highest BCUT2D eigenvalue weighted by molar-refractivity contribution is 7.18. The molecule has 9 heteroatoms. The normalized spacial score (nSPS) is 10.8. The molecule has 3 aromatic heterocycles. The molecule has 0 aliphatic rings. The van der Waals surface area contributed by atoms with E-state index in [2.05, 4.69) is 16.8 Å². The summed E-state index contributed by atoms with van der Waals surface area (Å²) in [5, 5.41) is 0.785. The van der Waals surface area contributed by atoms with Gasteiger partial charge in [0.15, 0.2) is 0 Å². The maximum Gasteiger partial charge on any atom is 0.336 e. The minimum absolute atomic E-state index is 0.0963. The Morgan fingerprint density at radius 3 is 2.69 bits per heavy atom. The van der Waals surface area contributed by atoms with Gasteiger partial charge in [-0.05, 0) is 36.2 Å². The van der Waals surface area contributed by atoms with Crippen molar-refractivity contribution in [1.82, 2.24) is 14.0 Å². The first-order valence-electron chi connectivity index (χ1n) is 9.54. The van der Waals surface area contributed by atoms with Crippen LogP contribution >= 0.6 is 34.5 Å². The van der Waals surface area contributed by atoms with Crippen molar-refractivity contribution in [3.63, 3.8) is 0 Å². The van der Waals surface area contributed by atoms with Crippen molar-refractivity contribution in [1.29, 1.82) is 0 Å². The zero-order chi connectivity index (χ0) is 22.8. The maximum absolute atomic E-state index is 13.0. The average Bonchev–Trinajstić information content (AvgIpc) is 3.22. The predicted octanol–water partition coefficient (Wildman–Crippen LogP) is 4.18. The van der Waals surface area contributed by atoms with Gasteiger partial charge in [0.1, 0.15) is 4.83 Å². The van der Waals surface area contributed by atoms with Crippen LogP contribution in [0.15, 0.2) is 52.3 Å². The Hall–Kier alpha value is -3.05. The van der Waals surface area contributed by atoms with E-state index in [1.54, 1.807) is 44.6 Å². The van der Waals surface area contributed by atoms with E-state index < -0.39 is 5.69 Å². The van der Waals surface area contributed by atoms with Crippen LogP contribution in [0.1, 0.15) is 21.6 Å². The number of thiazole rings is 1.